The van der Waals surface area contributed by atoms with E-state index in [4.69, 9.17) is 4.74 Å². The molecule has 0 aromatic heterocycles. The van der Waals surface area contributed by atoms with Gasteiger partial charge in [0.15, 0.2) is 5.70 Å². The van der Waals surface area contributed by atoms with E-state index in [0.29, 0.717) is 16.9 Å². The fourth-order valence-electron chi connectivity index (χ4n) is 1.64. The zero-order valence-electron chi connectivity index (χ0n) is 11.0. The summed E-state index contributed by atoms with van der Waals surface area (Å²) in [5, 5.41) is 2.66. The number of carbonyl (C=O) groups excluding carboxylic acids is 2. The van der Waals surface area contributed by atoms with Gasteiger partial charge >= 0.3 is 5.97 Å². The third-order valence-corrected chi connectivity index (χ3v) is 2.52. The van der Waals surface area contributed by atoms with Gasteiger partial charge in [-0.25, -0.2) is 9.79 Å². The van der Waals surface area contributed by atoms with Crippen molar-refractivity contribution in [1.82, 2.24) is 0 Å². The van der Waals surface area contributed by atoms with Crippen LogP contribution in [0.5, 0.6) is 0 Å². The molecule has 0 fully saturated rings. The minimum Gasteiger partial charge on any atom is -0.402 e. The molecule has 0 saturated carbocycles. The number of esters is 1. The first kappa shape index (κ1) is 13.0. The molecule has 0 atom stereocenters. The largest absolute Gasteiger partial charge is 0.402 e. The lowest BCUT2D eigenvalue weighted by molar-refractivity contribution is -0.130. The number of nitrogens with one attached hydrogen (secondary N) is 1. The fourth-order valence-corrected chi connectivity index (χ4v) is 1.64. The smallest absolute Gasteiger partial charge is 0.363 e. The average molecular weight is 258 g/mol. The van der Waals surface area contributed by atoms with Gasteiger partial charge in [-0.05, 0) is 43.7 Å². The molecule has 0 bridgehead atoms. The molecule has 1 aliphatic heterocycles. The van der Waals surface area contributed by atoms with E-state index in [1.807, 2.05) is 13.8 Å². The summed E-state index contributed by atoms with van der Waals surface area (Å²) < 4.78 is 5.11. The van der Waals surface area contributed by atoms with E-state index < -0.39 is 5.97 Å². The number of aliphatic imine (C=N–C) groups is 1. The van der Waals surface area contributed by atoms with Gasteiger partial charge in [0, 0.05) is 18.2 Å². The Labute approximate surface area is 111 Å². The maximum atomic E-state index is 11.6. The van der Waals surface area contributed by atoms with Gasteiger partial charge in [-0.15, -0.1) is 0 Å². The van der Waals surface area contributed by atoms with Crippen molar-refractivity contribution in [2.45, 2.75) is 20.8 Å². The number of nitrogens with zero attached hydrogens (tertiary/aromatic N) is 1. The summed E-state index contributed by atoms with van der Waals surface area (Å²) >= 11 is 0. The van der Waals surface area contributed by atoms with E-state index >= 15 is 0 Å². The lowest BCUT2D eigenvalue weighted by Crippen LogP contribution is -2.07. The number of allylic oxidation sites excluding steroid dienone is 1. The first-order chi connectivity index (χ1) is 8.97. The molecule has 1 amide bonds. The normalized spacial score (nSPS) is 13.9. The Kier molecular flexibility index (Phi) is 3.46. The topological polar surface area (TPSA) is 67.8 Å². The van der Waals surface area contributed by atoms with Crippen LogP contribution in [-0.4, -0.2) is 17.8 Å². The van der Waals surface area contributed by atoms with Crippen LogP contribution in [0.3, 0.4) is 0 Å². The Hall–Kier alpha value is -2.43. The van der Waals surface area contributed by atoms with Crippen molar-refractivity contribution < 1.29 is 14.3 Å². The van der Waals surface area contributed by atoms with Crippen LogP contribution in [0.1, 0.15) is 26.3 Å². The van der Waals surface area contributed by atoms with Crippen LogP contribution in [0.4, 0.5) is 5.69 Å². The van der Waals surface area contributed by atoms with Crippen LogP contribution < -0.4 is 5.32 Å². The zero-order valence-corrected chi connectivity index (χ0v) is 11.0. The highest BCUT2D eigenvalue weighted by Crippen LogP contribution is 2.20. The molecule has 1 aliphatic rings. The van der Waals surface area contributed by atoms with Crippen LogP contribution in [0.15, 0.2) is 40.5 Å². The number of amides is 1. The van der Waals surface area contributed by atoms with Crippen LogP contribution in [0.2, 0.25) is 0 Å². The van der Waals surface area contributed by atoms with Gasteiger partial charge in [0.25, 0.3) is 0 Å². The van der Waals surface area contributed by atoms with Gasteiger partial charge in [0.2, 0.25) is 11.8 Å². The maximum absolute atomic E-state index is 11.6. The van der Waals surface area contributed by atoms with Crippen molar-refractivity contribution in [3.63, 3.8) is 0 Å². The molecule has 1 aromatic rings. The highest BCUT2D eigenvalue weighted by molar-refractivity contribution is 6.11. The lowest BCUT2D eigenvalue weighted by Gasteiger charge is -2.03. The van der Waals surface area contributed by atoms with Gasteiger partial charge < -0.3 is 10.1 Å². The molecular formula is C14H14N2O3. The highest BCUT2D eigenvalue weighted by Gasteiger charge is 2.24. The second kappa shape index (κ2) is 5.06. The average Bonchev–Trinajstić information content (AvgIpc) is 2.71. The fraction of sp³-hybridized carbons (Fsp3) is 0.214. The van der Waals surface area contributed by atoms with Crippen LogP contribution >= 0.6 is 0 Å². The van der Waals surface area contributed by atoms with E-state index in [1.54, 1.807) is 24.3 Å². The SMILES string of the molecule is CC(=O)Nc1ccc(C2=NC(=C(C)C)C(=O)O2)cc1. The van der Waals surface area contributed by atoms with E-state index in [2.05, 4.69) is 10.3 Å². The zero-order chi connectivity index (χ0) is 14.0. The second-order valence-electron chi connectivity index (χ2n) is 4.41. The molecule has 0 aliphatic carbocycles. The molecule has 1 N–H and O–H groups in total. The second-order valence-corrected chi connectivity index (χ2v) is 4.41. The number of cyclic esters (lactones) is 1. The van der Waals surface area contributed by atoms with Crippen molar-refractivity contribution in [2.75, 3.05) is 5.32 Å². The van der Waals surface area contributed by atoms with E-state index in [-0.39, 0.29) is 11.8 Å². The third-order valence-electron chi connectivity index (χ3n) is 2.52. The maximum Gasteiger partial charge on any atom is 0.363 e. The van der Waals surface area contributed by atoms with E-state index in [9.17, 15) is 9.59 Å². The van der Waals surface area contributed by atoms with Crippen molar-refractivity contribution in [3.05, 3.63) is 41.1 Å². The summed E-state index contributed by atoms with van der Waals surface area (Å²) in [6.45, 7) is 5.06. The minimum atomic E-state index is -0.430. The van der Waals surface area contributed by atoms with Crippen molar-refractivity contribution in [2.24, 2.45) is 4.99 Å². The van der Waals surface area contributed by atoms with Crippen molar-refractivity contribution in [1.29, 1.82) is 0 Å². The Morgan fingerprint density at radius 1 is 1.16 bits per heavy atom. The monoisotopic (exact) mass is 258 g/mol. The van der Waals surface area contributed by atoms with Crippen molar-refractivity contribution >= 4 is 23.5 Å². The standard InChI is InChI=1S/C14H14N2O3/c1-8(2)12-14(18)19-13(16-12)10-4-6-11(7-5-10)15-9(3)17/h4-7H,1-3H3,(H,15,17). The van der Waals surface area contributed by atoms with Gasteiger partial charge in [-0.1, -0.05) is 0 Å². The minimum absolute atomic E-state index is 0.135. The molecule has 1 heterocycles. The summed E-state index contributed by atoms with van der Waals surface area (Å²) in [4.78, 5) is 26.6. The molecule has 1 aromatic carbocycles. The van der Waals surface area contributed by atoms with Crippen molar-refractivity contribution in [3.8, 4) is 0 Å². The molecule has 98 valence electrons. The Balaban J connectivity index is 2.25. The van der Waals surface area contributed by atoms with E-state index in [0.717, 1.165) is 5.57 Å². The number of ether oxygens (including phenoxy) is 1. The number of rotatable bonds is 2. The Morgan fingerprint density at radius 2 is 1.79 bits per heavy atom. The molecular weight excluding hydrogens is 244 g/mol. The van der Waals surface area contributed by atoms with Crippen LogP contribution in [0, 0.1) is 0 Å². The number of benzene rings is 1. The molecule has 0 radical (unpaired) electrons. The highest BCUT2D eigenvalue weighted by atomic mass is 16.6. The predicted molar refractivity (Wildman–Crippen MR) is 71.7 cm³/mol. The lowest BCUT2D eigenvalue weighted by atomic mass is 10.2. The van der Waals surface area contributed by atoms with Crippen LogP contribution in [-0.2, 0) is 14.3 Å². The molecule has 0 spiro atoms. The van der Waals surface area contributed by atoms with Gasteiger partial charge in [-0.2, -0.15) is 0 Å². The summed E-state index contributed by atoms with van der Waals surface area (Å²) in [7, 11) is 0. The molecule has 0 saturated heterocycles. The number of hydrogen-bond acceptors (Lipinski definition) is 4. The number of carbonyl (C=O) groups is 2. The van der Waals surface area contributed by atoms with Crippen LogP contribution in [0.25, 0.3) is 0 Å². The molecule has 19 heavy (non-hydrogen) atoms. The summed E-state index contributed by atoms with van der Waals surface area (Å²) in [5.74, 6) is -0.277. The first-order valence-electron chi connectivity index (χ1n) is 5.84. The molecule has 2 rings (SSSR count). The van der Waals surface area contributed by atoms with Gasteiger partial charge in [0.05, 0.1) is 0 Å². The van der Waals surface area contributed by atoms with E-state index in [1.165, 1.54) is 6.92 Å². The molecule has 5 nitrogen and oxygen atoms in total. The molecule has 0 unspecified atom stereocenters. The summed E-state index contributed by atoms with van der Waals surface area (Å²) in [5.41, 5.74) is 2.54. The first-order valence-corrected chi connectivity index (χ1v) is 5.84. The Bertz CT molecular complexity index is 594. The number of anilines is 1. The van der Waals surface area contributed by atoms with Gasteiger partial charge in [0.1, 0.15) is 0 Å². The number of hydrogen-bond donors (Lipinski definition) is 1. The quantitative estimate of drug-likeness (QED) is 0.653. The summed E-state index contributed by atoms with van der Waals surface area (Å²) in [6.07, 6.45) is 0. The third kappa shape index (κ3) is 2.88. The predicted octanol–water partition coefficient (Wildman–Crippen LogP) is 2.24. The van der Waals surface area contributed by atoms with Gasteiger partial charge in [-0.3, -0.25) is 4.79 Å². The Morgan fingerprint density at radius 3 is 2.26 bits per heavy atom. The summed E-state index contributed by atoms with van der Waals surface area (Å²) in [6, 6.07) is 6.94. The molecule has 5 heteroatoms.